The number of hydrogen-bond donors (Lipinski definition) is 1. The highest BCUT2D eigenvalue weighted by Gasteiger charge is 2.35. The molecule has 230 valence electrons. The van der Waals surface area contributed by atoms with Crippen LogP contribution in [0.1, 0.15) is 37.0 Å². The first-order chi connectivity index (χ1) is 21.1. The molecule has 0 radical (unpaired) electrons. The molecule has 0 spiro atoms. The largest absolute Gasteiger partial charge is 0.352 e. The Labute approximate surface area is 265 Å². The highest BCUT2D eigenvalue weighted by atomic mass is 35.5. The van der Waals surface area contributed by atoms with Crippen LogP contribution in [0.25, 0.3) is 0 Å². The fourth-order valence-electron chi connectivity index (χ4n) is 4.78. The van der Waals surface area contributed by atoms with Gasteiger partial charge in [0.05, 0.1) is 15.6 Å². The molecule has 0 heterocycles. The van der Waals surface area contributed by atoms with Crippen molar-refractivity contribution in [1.29, 1.82) is 0 Å². The average Bonchev–Trinajstić information content (AvgIpc) is 3.03. The van der Waals surface area contributed by atoms with Crippen molar-refractivity contribution in [2.24, 2.45) is 0 Å². The van der Waals surface area contributed by atoms with Gasteiger partial charge in [0.15, 0.2) is 0 Å². The zero-order valence-corrected chi connectivity index (χ0v) is 26.8. The predicted octanol–water partition coefficient (Wildman–Crippen LogP) is 6.40. The van der Waals surface area contributed by atoms with Crippen molar-refractivity contribution in [2.75, 3.05) is 10.8 Å². The maximum absolute atomic E-state index is 14.5. The van der Waals surface area contributed by atoms with E-state index in [0.29, 0.717) is 6.42 Å². The Kier molecular flexibility index (Phi) is 11.2. The summed E-state index contributed by atoms with van der Waals surface area (Å²) in [4.78, 5) is 29.8. The Balaban J connectivity index is 1.80. The third-order valence-corrected chi connectivity index (χ3v) is 9.57. The lowest BCUT2D eigenvalue weighted by molar-refractivity contribution is -0.140. The van der Waals surface area contributed by atoms with E-state index in [9.17, 15) is 18.0 Å². The van der Waals surface area contributed by atoms with Crippen LogP contribution in [0.3, 0.4) is 0 Å². The Hall–Kier alpha value is -4.14. The van der Waals surface area contributed by atoms with E-state index < -0.39 is 28.5 Å². The van der Waals surface area contributed by atoms with Gasteiger partial charge in [-0.25, -0.2) is 8.42 Å². The fraction of sp³-hybridized carbons (Fsp3) is 0.257. The Morgan fingerprint density at radius 3 is 1.98 bits per heavy atom. The standard InChI is InChI=1S/C35H38ClN3O4S/c1-4-27(3)37-35(41)33(23-28-13-7-5-8-14-28)38(24-29-15-9-6-10-16-29)34(40)25-39(32-18-12-11-17-31(32)36)44(42,43)30-21-19-26(2)20-22-30/h5-22,27,33H,4,23-25H2,1-3H3,(H,37,41)/t27-,33+/m0/s1. The molecule has 0 saturated heterocycles. The topological polar surface area (TPSA) is 86.8 Å². The maximum atomic E-state index is 14.5. The maximum Gasteiger partial charge on any atom is 0.264 e. The van der Waals surface area contributed by atoms with E-state index >= 15 is 0 Å². The summed E-state index contributed by atoms with van der Waals surface area (Å²) >= 11 is 6.53. The molecule has 0 aliphatic rings. The van der Waals surface area contributed by atoms with Gasteiger partial charge in [-0.1, -0.05) is 109 Å². The zero-order valence-electron chi connectivity index (χ0n) is 25.2. The van der Waals surface area contributed by atoms with Crippen molar-refractivity contribution in [3.63, 3.8) is 0 Å². The molecule has 0 aromatic heterocycles. The van der Waals surface area contributed by atoms with Crippen molar-refractivity contribution in [3.05, 3.63) is 131 Å². The number of nitrogens with one attached hydrogen (secondary N) is 1. The first-order valence-electron chi connectivity index (χ1n) is 14.6. The second kappa shape index (κ2) is 15.0. The van der Waals surface area contributed by atoms with Crippen molar-refractivity contribution < 1.29 is 18.0 Å². The monoisotopic (exact) mass is 631 g/mol. The number of halogens is 1. The fourth-order valence-corrected chi connectivity index (χ4v) is 6.50. The minimum Gasteiger partial charge on any atom is -0.352 e. The molecule has 7 nitrogen and oxygen atoms in total. The molecular weight excluding hydrogens is 594 g/mol. The number of hydrogen-bond acceptors (Lipinski definition) is 4. The van der Waals surface area contributed by atoms with Crippen LogP contribution in [0.4, 0.5) is 5.69 Å². The number of anilines is 1. The molecule has 1 N–H and O–H groups in total. The third-order valence-electron chi connectivity index (χ3n) is 7.48. The van der Waals surface area contributed by atoms with E-state index in [0.717, 1.165) is 21.0 Å². The summed E-state index contributed by atoms with van der Waals surface area (Å²) in [5, 5.41) is 3.22. The lowest BCUT2D eigenvalue weighted by Gasteiger charge is -2.34. The SMILES string of the molecule is CC[C@H](C)NC(=O)[C@@H](Cc1ccccc1)N(Cc1ccccc1)C(=O)CN(c1ccccc1Cl)S(=O)(=O)c1ccc(C)cc1. The normalized spacial score (nSPS) is 12.6. The van der Waals surface area contributed by atoms with Crippen molar-refractivity contribution in [2.45, 2.75) is 57.1 Å². The van der Waals surface area contributed by atoms with Gasteiger partial charge in [-0.05, 0) is 55.7 Å². The highest BCUT2D eigenvalue weighted by Crippen LogP contribution is 2.31. The smallest absolute Gasteiger partial charge is 0.264 e. The summed E-state index contributed by atoms with van der Waals surface area (Å²) in [7, 11) is -4.22. The number of nitrogens with zero attached hydrogens (tertiary/aromatic N) is 2. The second-order valence-corrected chi connectivity index (χ2v) is 13.1. The van der Waals surface area contributed by atoms with E-state index in [1.165, 1.54) is 17.0 Å². The molecule has 9 heteroatoms. The molecule has 0 saturated carbocycles. The van der Waals surface area contributed by atoms with Gasteiger partial charge in [0.1, 0.15) is 12.6 Å². The van der Waals surface area contributed by atoms with Crippen LogP contribution in [0.2, 0.25) is 5.02 Å². The quantitative estimate of drug-likeness (QED) is 0.185. The van der Waals surface area contributed by atoms with Gasteiger partial charge in [0, 0.05) is 19.0 Å². The van der Waals surface area contributed by atoms with Gasteiger partial charge in [0.2, 0.25) is 11.8 Å². The van der Waals surface area contributed by atoms with Gasteiger partial charge >= 0.3 is 0 Å². The zero-order chi connectivity index (χ0) is 31.7. The first-order valence-corrected chi connectivity index (χ1v) is 16.4. The number of amides is 2. The van der Waals surface area contributed by atoms with Crippen LogP contribution < -0.4 is 9.62 Å². The van der Waals surface area contributed by atoms with Crippen molar-refractivity contribution >= 4 is 39.1 Å². The minimum atomic E-state index is -4.22. The molecule has 2 amide bonds. The summed E-state index contributed by atoms with van der Waals surface area (Å²) in [5.41, 5.74) is 2.75. The van der Waals surface area contributed by atoms with E-state index in [2.05, 4.69) is 5.32 Å². The van der Waals surface area contributed by atoms with Crippen LogP contribution in [0.5, 0.6) is 0 Å². The van der Waals surface area contributed by atoms with Crippen LogP contribution in [-0.2, 0) is 32.6 Å². The highest BCUT2D eigenvalue weighted by molar-refractivity contribution is 7.92. The summed E-state index contributed by atoms with van der Waals surface area (Å²) in [6.07, 6.45) is 0.962. The molecular formula is C35H38ClN3O4S. The Morgan fingerprint density at radius 2 is 1.39 bits per heavy atom. The van der Waals surface area contributed by atoms with Crippen molar-refractivity contribution in [1.82, 2.24) is 10.2 Å². The molecule has 0 aliphatic carbocycles. The van der Waals surface area contributed by atoms with E-state index in [1.807, 2.05) is 81.4 Å². The number of carbonyl (C=O) groups is 2. The Morgan fingerprint density at radius 1 is 0.818 bits per heavy atom. The summed E-state index contributed by atoms with van der Waals surface area (Å²) in [5.74, 6) is -0.845. The number of carbonyl (C=O) groups excluding carboxylic acids is 2. The molecule has 0 fully saturated rings. The lowest BCUT2D eigenvalue weighted by Crippen LogP contribution is -2.54. The van der Waals surface area contributed by atoms with Gasteiger partial charge in [-0.15, -0.1) is 0 Å². The number of rotatable bonds is 13. The molecule has 4 rings (SSSR count). The van der Waals surface area contributed by atoms with Crippen LogP contribution >= 0.6 is 11.6 Å². The van der Waals surface area contributed by atoms with Crippen LogP contribution in [-0.4, -0.2) is 43.8 Å². The second-order valence-electron chi connectivity index (χ2n) is 10.8. The van der Waals surface area contributed by atoms with Crippen LogP contribution in [0.15, 0.2) is 114 Å². The molecule has 44 heavy (non-hydrogen) atoms. The first kappa shape index (κ1) is 32.8. The molecule has 2 atom stereocenters. The minimum absolute atomic E-state index is 0.0285. The van der Waals surface area contributed by atoms with Gasteiger partial charge < -0.3 is 10.2 Å². The summed E-state index contributed by atoms with van der Waals surface area (Å²) in [6, 6.07) is 30.8. The van der Waals surface area contributed by atoms with Gasteiger partial charge in [-0.2, -0.15) is 0 Å². The summed E-state index contributed by atoms with van der Waals surface area (Å²) < 4.78 is 29.3. The third kappa shape index (κ3) is 8.27. The number of aryl methyl sites for hydroxylation is 1. The molecule has 4 aromatic carbocycles. The molecule has 0 bridgehead atoms. The molecule has 4 aromatic rings. The summed E-state index contributed by atoms with van der Waals surface area (Å²) in [6.45, 7) is 5.29. The lowest BCUT2D eigenvalue weighted by atomic mass is 10.0. The van der Waals surface area contributed by atoms with E-state index in [4.69, 9.17) is 11.6 Å². The average molecular weight is 632 g/mol. The number of sulfonamides is 1. The number of benzene rings is 4. The van der Waals surface area contributed by atoms with E-state index in [1.54, 1.807) is 36.4 Å². The Bertz CT molecular complexity index is 1650. The molecule has 0 unspecified atom stereocenters. The molecule has 0 aliphatic heterocycles. The number of para-hydroxylation sites is 1. The predicted molar refractivity (Wildman–Crippen MR) is 176 cm³/mol. The van der Waals surface area contributed by atoms with Crippen LogP contribution in [0, 0.1) is 6.92 Å². The van der Waals surface area contributed by atoms with Gasteiger partial charge in [0.25, 0.3) is 10.0 Å². The van der Waals surface area contributed by atoms with Gasteiger partial charge in [-0.3, -0.25) is 13.9 Å². The van der Waals surface area contributed by atoms with Crippen molar-refractivity contribution in [3.8, 4) is 0 Å². The van der Waals surface area contributed by atoms with E-state index in [-0.39, 0.29) is 40.5 Å².